The van der Waals surface area contributed by atoms with Crippen molar-refractivity contribution >= 4 is 17.3 Å². The molecule has 0 amide bonds. The largest absolute Gasteiger partial charge is 0.512 e. The van der Waals surface area contributed by atoms with Crippen LogP contribution >= 0.6 is 0 Å². The normalized spacial score (nSPS) is 14.1. The van der Waals surface area contributed by atoms with Gasteiger partial charge in [0.1, 0.15) is 17.3 Å². The number of ketones is 3. The Morgan fingerprint density at radius 3 is 0.550 bits per heavy atom. The van der Waals surface area contributed by atoms with E-state index in [9.17, 15) is 29.7 Å². The zero-order valence-electron chi connectivity index (χ0n) is 28.8. The molecule has 0 atom stereocenters. The molecule has 232 valence electrons. The van der Waals surface area contributed by atoms with Gasteiger partial charge in [-0.15, -0.1) is 0 Å². The van der Waals surface area contributed by atoms with Gasteiger partial charge in [0.25, 0.3) is 0 Å². The van der Waals surface area contributed by atoms with Gasteiger partial charge in [0, 0.05) is 72.4 Å². The van der Waals surface area contributed by atoms with E-state index in [-0.39, 0.29) is 72.6 Å². The van der Waals surface area contributed by atoms with Crippen LogP contribution in [0.15, 0.2) is 35.5 Å². The topological polar surface area (TPSA) is 112 Å². The van der Waals surface area contributed by atoms with E-state index in [2.05, 4.69) is 0 Å². The van der Waals surface area contributed by atoms with Crippen LogP contribution in [0.4, 0.5) is 0 Å². The maximum atomic E-state index is 11.5. The van der Waals surface area contributed by atoms with E-state index < -0.39 is 16.2 Å². The summed E-state index contributed by atoms with van der Waals surface area (Å²) in [4.78, 5) is 34.5. The van der Waals surface area contributed by atoms with Crippen LogP contribution in [-0.4, -0.2) is 32.7 Å². The second-order valence-electron chi connectivity index (χ2n) is 16.2. The van der Waals surface area contributed by atoms with Crippen molar-refractivity contribution < 1.29 is 51.4 Å². The molecule has 0 fully saturated rings. The van der Waals surface area contributed by atoms with Crippen molar-refractivity contribution in [2.75, 3.05) is 0 Å². The number of carbonyl (C=O) groups excluding carboxylic acids is 3. The number of carbonyl (C=O) groups is 3. The summed E-state index contributed by atoms with van der Waals surface area (Å²) in [6.45, 7) is 33.3. The third-order valence-electron chi connectivity index (χ3n) is 5.33. The third-order valence-corrected chi connectivity index (χ3v) is 5.33. The summed E-state index contributed by atoms with van der Waals surface area (Å²) in [6, 6.07) is 0. The van der Waals surface area contributed by atoms with Gasteiger partial charge < -0.3 is 15.3 Å². The second kappa shape index (κ2) is 16.1. The Labute approximate surface area is 260 Å². The Balaban J connectivity index is -0.000000240. The fraction of sp³-hybridized carbons (Fsp3) is 0.727. The molecule has 0 rings (SSSR count). The van der Waals surface area contributed by atoms with Crippen molar-refractivity contribution in [1.82, 2.24) is 0 Å². The van der Waals surface area contributed by atoms with Gasteiger partial charge in [0.15, 0.2) is 17.3 Å². The van der Waals surface area contributed by atoms with Gasteiger partial charge in [0.05, 0.1) is 0 Å². The first kappa shape index (κ1) is 45.3. The minimum absolute atomic E-state index is 0. The van der Waals surface area contributed by atoms with Crippen LogP contribution in [0.2, 0.25) is 0 Å². The standard InChI is InChI=1S/3C11H20O2.Ti/c3*1-10(2,3)8(12)7-9(13)11(4,5)6;/h3*7,12H,1-6H3;/b2*8-7+;8-7-;. The van der Waals surface area contributed by atoms with Crippen LogP contribution < -0.4 is 0 Å². The molecule has 7 heteroatoms. The molecule has 0 aliphatic carbocycles. The van der Waals surface area contributed by atoms with E-state index in [4.69, 9.17) is 0 Å². The molecule has 0 heterocycles. The van der Waals surface area contributed by atoms with Crippen molar-refractivity contribution in [1.29, 1.82) is 0 Å². The number of rotatable bonds is 3. The summed E-state index contributed by atoms with van der Waals surface area (Å²) in [5, 5.41) is 28.7. The Bertz CT molecular complexity index is 801. The van der Waals surface area contributed by atoms with Crippen LogP contribution in [0.3, 0.4) is 0 Å². The van der Waals surface area contributed by atoms with Crippen LogP contribution in [0, 0.1) is 32.5 Å². The average Bonchev–Trinajstić information content (AvgIpc) is 2.64. The summed E-state index contributed by atoms with van der Waals surface area (Å²) in [5.74, 6) is 0.312. The molecule has 0 aliphatic heterocycles. The van der Waals surface area contributed by atoms with Crippen LogP contribution in [-0.2, 0) is 36.1 Å². The Morgan fingerprint density at radius 2 is 0.475 bits per heavy atom. The first-order valence-electron chi connectivity index (χ1n) is 13.5. The van der Waals surface area contributed by atoms with Gasteiger partial charge in [-0.3, -0.25) is 14.4 Å². The van der Waals surface area contributed by atoms with E-state index in [1.54, 1.807) is 0 Å². The molecule has 0 aliphatic rings. The first-order valence-corrected chi connectivity index (χ1v) is 13.5. The van der Waals surface area contributed by atoms with Gasteiger partial charge in [-0.2, -0.15) is 0 Å². The Morgan fingerprint density at radius 1 is 0.350 bits per heavy atom. The van der Waals surface area contributed by atoms with E-state index >= 15 is 0 Å². The smallest absolute Gasteiger partial charge is 0.164 e. The second-order valence-corrected chi connectivity index (χ2v) is 16.2. The summed E-state index contributed by atoms with van der Waals surface area (Å²) in [7, 11) is 0. The Hall–Kier alpha value is -1.66. The number of hydrogen-bond donors (Lipinski definition) is 3. The summed E-state index contributed by atoms with van der Waals surface area (Å²) < 4.78 is 0. The molecular weight excluding hydrogens is 540 g/mol. The van der Waals surface area contributed by atoms with E-state index in [0.29, 0.717) is 0 Å². The third kappa shape index (κ3) is 21.1. The number of hydrogen-bond acceptors (Lipinski definition) is 6. The molecule has 0 bridgehead atoms. The number of aliphatic hydroxyl groups is 3. The predicted octanol–water partition coefficient (Wildman–Crippen LogP) is 9.27. The molecule has 0 aromatic heterocycles. The number of allylic oxidation sites excluding steroid dienone is 6. The SMILES string of the molecule is CC(C)(C)C(=O)/C=C(/O)C(C)(C)C.CC(C)(C)C(=O)/C=C(/O)C(C)(C)C.CC(C)(C)C(=O)/C=C(\O)C(C)(C)C.[Ti]. The van der Waals surface area contributed by atoms with Gasteiger partial charge in [-0.05, 0) is 0 Å². The minimum Gasteiger partial charge on any atom is -0.512 e. The minimum atomic E-state index is -0.417. The van der Waals surface area contributed by atoms with Crippen molar-refractivity contribution in [3.63, 3.8) is 0 Å². The van der Waals surface area contributed by atoms with Gasteiger partial charge in [-0.1, -0.05) is 125 Å². The molecule has 3 N–H and O–H groups in total. The molecule has 40 heavy (non-hydrogen) atoms. The number of aliphatic hydroxyl groups excluding tert-OH is 3. The predicted molar refractivity (Wildman–Crippen MR) is 164 cm³/mol. The fourth-order valence-corrected chi connectivity index (χ4v) is 1.67. The molecule has 0 aromatic rings. The molecule has 0 radical (unpaired) electrons. The van der Waals surface area contributed by atoms with Crippen LogP contribution in [0.5, 0.6) is 0 Å². The molecule has 0 spiro atoms. The first-order chi connectivity index (χ1) is 16.6. The van der Waals surface area contributed by atoms with Gasteiger partial charge in [-0.25, -0.2) is 0 Å². The molecule has 0 unspecified atom stereocenters. The molecular formula is C33H60O6Ti. The molecule has 0 saturated heterocycles. The zero-order chi connectivity index (χ0) is 32.6. The Kier molecular flexibility index (Phi) is 18.3. The summed E-state index contributed by atoms with van der Waals surface area (Å²) >= 11 is 0. The zero-order valence-corrected chi connectivity index (χ0v) is 30.4. The van der Waals surface area contributed by atoms with Gasteiger partial charge in [0.2, 0.25) is 0 Å². The van der Waals surface area contributed by atoms with Crippen molar-refractivity contribution in [2.45, 2.75) is 125 Å². The maximum Gasteiger partial charge on any atom is 0.164 e. The van der Waals surface area contributed by atoms with Crippen molar-refractivity contribution in [2.24, 2.45) is 32.5 Å². The maximum absolute atomic E-state index is 11.5. The molecule has 0 aromatic carbocycles. The van der Waals surface area contributed by atoms with E-state index in [0.717, 1.165) is 0 Å². The molecule has 0 saturated carbocycles. The van der Waals surface area contributed by atoms with Crippen LogP contribution in [0.1, 0.15) is 125 Å². The van der Waals surface area contributed by atoms with E-state index in [1.807, 2.05) is 125 Å². The van der Waals surface area contributed by atoms with E-state index in [1.165, 1.54) is 18.2 Å². The van der Waals surface area contributed by atoms with Crippen molar-refractivity contribution in [3.05, 3.63) is 35.5 Å². The molecule has 6 nitrogen and oxygen atoms in total. The quantitative estimate of drug-likeness (QED) is 0.169. The van der Waals surface area contributed by atoms with Crippen molar-refractivity contribution in [3.8, 4) is 0 Å². The summed E-state index contributed by atoms with van der Waals surface area (Å²) in [6.07, 6.45) is 4.00. The van der Waals surface area contributed by atoms with Gasteiger partial charge >= 0.3 is 0 Å². The summed E-state index contributed by atoms with van der Waals surface area (Å²) in [5.41, 5.74) is -2.29. The van der Waals surface area contributed by atoms with Crippen LogP contribution in [0.25, 0.3) is 0 Å². The fourth-order valence-electron chi connectivity index (χ4n) is 1.67. The monoisotopic (exact) mass is 600 g/mol. The average molecular weight is 601 g/mol.